The second-order valence-electron chi connectivity index (χ2n) is 5.36. The molecular formula is C17H16ClNO4S. The first-order valence-electron chi connectivity index (χ1n) is 7.42. The molecule has 1 amide bonds. The molecule has 0 spiro atoms. The second kappa shape index (κ2) is 7.23. The minimum atomic E-state index is -0.629. The lowest BCUT2D eigenvalue weighted by Crippen LogP contribution is -2.38. The molecule has 24 heavy (non-hydrogen) atoms. The van der Waals surface area contributed by atoms with Gasteiger partial charge in [0.05, 0.1) is 7.11 Å². The van der Waals surface area contributed by atoms with E-state index in [9.17, 15) is 9.59 Å². The molecule has 0 aliphatic carbocycles. The minimum absolute atomic E-state index is 0.205. The second-order valence-corrected chi connectivity index (χ2v) is 6.79. The maximum atomic E-state index is 12.3. The maximum Gasteiger partial charge on any atom is 0.342 e. The molecule has 1 aliphatic heterocycles. The standard InChI is InChI=1S/C17H16ClNO4S/c1-22-14-3-2-12(18)8-13(14)17(21)23-10-16(20)19-6-4-15-11(9-19)5-7-24-15/h2-3,5,7-8H,4,6,9-10H2,1H3. The quantitative estimate of drug-likeness (QED) is 0.781. The number of hydrogen-bond donors (Lipinski definition) is 0. The first-order valence-corrected chi connectivity index (χ1v) is 8.68. The van der Waals surface area contributed by atoms with E-state index in [1.165, 1.54) is 23.6 Å². The van der Waals surface area contributed by atoms with E-state index in [0.717, 1.165) is 6.42 Å². The lowest BCUT2D eigenvalue weighted by atomic mass is 10.1. The first-order chi connectivity index (χ1) is 11.6. The summed E-state index contributed by atoms with van der Waals surface area (Å²) in [4.78, 5) is 27.5. The summed E-state index contributed by atoms with van der Waals surface area (Å²) in [5.41, 5.74) is 1.37. The highest BCUT2D eigenvalue weighted by Gasteiger charge is 2.23. The third-order valence-electron chi connectivity index (χ3n) is 3.87. The molecule has 1 aromatic carbocycles. The monoisotopic (exact) mass is 365 g/mol. The van der Waals surface area contributed by atoms with Crippen LogP contribution in [-0.4, -0.2) is 37.0 Å². The van der Waals surface area contributed by atoms with Gasteiger partial charge in [0.2, 0.25) is 0 Å². The van der Waals surface area contributed by atoms with E-state index in [4.69, 9.17) is 21.1 Å². The molecule has 0 saturated heterocycles. The van der Waals surface area contributed by atoms with E-state index in [2.05, 4.69) is 0 Å². The van der Waals surface area contributed by atoms with Crippen LogP contribution in [0, 0.1) is 0 Å². The Kier molecular flexibility index (Phi) is 5.06. The minimum Gasteiger partial charge on any atom is -0.496 e. The Morgan fingerprint density at radius 2 is 2.17 bits per heavy atom. The van der Waals surface area contributed by atoms with Crippen molar-refractivity contribution in [2.45, 2.75) is 13.0 Å². The van der Waals surface area contributed by atoms with Crippen molar-refractivity contribution < 1.29 is 19.1 Å². The molecule has 0 saturated carbocycles. The Labute approximate surface area is 148 Å². The van der Waals surface area contributed by atoms with Gasteiger partial charge in [-0.25, -0.2) is 4.79 Å². The van der Waals surface area contributed by atoms with Gasteiger partial charge in [0.25, 0.3) is 5.91 Å². The highest BCUT2D eigenvalue weighted by atomic mass is 35.5. The van der Waals surface area contributed by atoms with E-state index in [1.807, 2.05) is 11.4 Å². The van der Waals surface area contributed by atoms with Crippen molar-refractivity contribution in [2.24, 2.45) is 0 Å². The molecule has 7 heteroatoms. The Morgan fingerprint density at radius 3 is 2.96 bits per heavy atom. The zero-order valence-corrected chi connectivity index (χ0v) is 14.7. The van der Waals surface area contributed by atoms with Gasteiger partial charge in [-0.1, -0.05) is 11.6 Å². The van der Waals surface area contributed by atoms with E-state index in [1.54, 1.807) is 28.4 Å². The fraction of sp³-hybridized carbons (Fsp3) is 0.294. The van der Waals surface area contributed by atoms with Crippen LogP contribution in [0.5, 0.6) is 5.75 Å². The molecule has 3 rings (SSSR count). The fourth-order valence-electron chi connectivity index (χ4n) is 2.60. The summed E-state index contributed by atoms with van der Waals surface area (Å²) in [5, 5.41) is 2.43. The lowest BCUT2D eigenvalue weighted by molar-refractivity contribution is -0.135. The van der Waals surface area contributed by atoms with Crippen molar-refractivity contribution in [1.29, 1.82) is 0 Å². The average molecular weight is 366 g/mol. The van der Waals surface area contributed by atoms with Gasteiger partial charge < -0.3 is 14.4 Å². The zero-order valence-electron chi connectivity index (χ0n) is 13.1. The average Bonchev–Trinajstić information content (AvgIpc) is 3.06. The smallest absolute Gasteiger partial charge is 0.342 e. The Morgan fingerprint density at radius 1 is 1.33 bits per heavy atom. The van der Waals surface area contributed by atoms with Crippen LogP contribution in [-0.2, 0) is 22.5 Å². The predicted octanol–water partition coefficient (Wildman–Crippen LogP) is 3.15. The number of ether oxygens (including phenoxy) is 2. The number of rotatable bonds is 4. The van der Waals surface area contributed by atoms with Gasteiger partial charge in [-0.3, -0.25) is 4.79 Å². The van der Waals surface area contributed by atoms with Crippen molar-refractivity contribution >= 4 is 34.8 Å². The number of methoxy groups -OCH3 is 1. The number of carbonyl (C=O) groups is 2. The van der Waals surface area contributed by atoms with Crippen molar-refractivity contribution in [3.05, 3.63) is 50.7 Å². The third kappa shape index (κ3) is 3.55. The van der Waals surface area contributed by atoms with Crippen LogP contribution in [0.15, 0.2) is 29.6 Å². The topological polar surface area (TPSA) is 55.8 Å². The number of hydrogen-bond acceptors (Lipinski definition) is 5. The molecule has 126 valence electrons. The highest BCUT2D eigenvalue weighted by Crippen LogP contribution is 2.25. The van der Waals surface area contributed by atoms with Gasteiger partial charge in [0.15, 0.2) is 6.61 Å². The van der Waals surface area contributed by atoms with Gasteiger partial charge >= 0.3 is 5.97 Å². The first kappa shape index (κ1) is 16.8. The Bertz CT molecular complexity index is 774. The normalized spacial score (nSPS) is 13.3. The van der Waals surface area contributed by atoms with Crippen molar-refractivity contribution in [2.75, 3.05) is 20.3 Å². The van der Waals surface area contributed by atoms with Crippen LogP contribution >= 0.6 is 22.9 Å². The molecule has 0 radical (unpaired) electrons. The zero-order chi connectivity index (χ0) is 17.1. The van der Waals surface area contributed by atoms with Crippen LogP contribution in [0.25, 0.3) is 0 Å². The summed E-state index contributed by atoms with van der Waals surface area (Å²) in [7, 11) is 1.46. The molecule has 1 aliphatic rings. The number of benzene rings is 1. The van der Waals surface area contributed by atoms with Crippen molar-refractivity contribution in [3.63, 3.8) is 0 Å². The van der Waals surface area contributed by atoms with Crippen LogP contribution in [0.2, 0.25) is 5.02 Å². The molecule has 0 atom stereocenters. The summed E-state index contributed by atoms with van der Waals surface area (Å²) < 4.78 is 10.3. The summed E-state index contributed by atoms with van der Waals surface area (Å²) >= 11 is 7.61. The van der Waals surface area contributed by atoms with E-state index < -0.39 is 5.97 Å². The molecule has 0 unspecified atom stereocenters. The molecule has 0 fully saturated rings. The molecule has 2 heterocycles. The van der Waals surface area contributed by atoms with Crippen molar-refractivity contribution in [1.82, 2.24) is 4.90 Å². The van der Waals surface area contributed by atoms with Gasteiger partial charge in [-0.05, 0) is 41.6 Å². The molecule has 0 bridgehead atoms. The largest absolute Gasteiger partial charge is 0.496 e. The van der Waals surface area contributed by atoms with Crippen LogP contribution in [0.3, 0.4) is 0 Å². The van der Waals surface area contributed by atoms with E-state index in [-0.39, 0.29) is 18.1 Å². The Hall–Kier alpha value is -2.05. The number of amides is 1. The number of halogens is 1. The van der Waals surface area contributed by atoms with Crippen LogP contribution in [0.1, 0.15) is 20.8 Å². The summed E-state index contributed by atoms with van der Waals surface area (Å²) in [6.07, 6.45) is 0.842. The van der Waals surface area contributed by atoms with Crippen LogP contribution < -0.4 is 4.74 Å². The lowest BCUT2D eigenvalue weighted by Gasteiger charge is -2.26. The van der Waals surface area contributed by atoms with Crippen LogP contribution in [0.4, 0.5) is 0 Å². The number of esters is 1. The predicted molar refractivity (Wildman–Crippen MR) is 91.7 cm³/mol. The summed E-state index contributed by atoms with van der Waals surface area (Å²) in [6, 6.07) is 6.70. The van der Waals surface area contributed by atoms with Gasteiger partial charge in [0, 0.05) is 23.0 Å². The number of thiophene rings is 1. The number of nitrogens with zero attached hydrogens (tertiary/aromatic N) is 1. The molecular weight excluding hydrogens is 350 g/mol. The molecule has 5 nitrogen and oxygen atoms in total. The van der Waals surface area contributed by atoms with E-state index >= 15 is 0 Å². The molecule has 0 N–H and O–H groups in total. The number of fused-ring (bicyclic) bond motifs is 1. The van der Waals surface area contributed by atoms with Gasteiger partial charge in [0.1, 0.15) is 11.3 Å². The Balaban J connectivity index is 1.61. The SMILES string of the molecule is COc1ccc(Cl)cc1C(=O)OCC(=O)N1CCc2sccc2C1. The number of carbonyl (C=O) groups excluding carboxylic acids is 2. The highest BCUT2D eigenvalue weighted by molar-refractivity contribution is 7.10. The van der Waals surface area contributed by atoms with Crippen molar-refractivity contribution in [3.8, 4) is 5.75 Å². The van der Waals surface area contributed by atoms with E-state index in [0.29, 0.717) is 23.9 Å². The summed E-state index contributed by atoms with van der Waals surface area (Å²) in [5.74, 6) is -0.477. The third-order valence-corrected chi connectivity index (χ3v) is 5.13. The fourth-order valence-corrected chi connectivity index (χ4v) is 3.66. The molecule has 2 aromatic rings. The summed E-state index contributed by atoms with van der Waals surface area (Å²) in [6.45, 7) is 0.911. The van der Waals surface area contributed by atoms with Gasteiger partial charge in [-0.15, -0.1) is 11.3 Å². The van der Waals surface area contributed by atoms with Gasteiger partial charge in [-0.2, -0.15) is 0 Å². The maximum absolute atomic E-state index is 12.3. The molecule has 1 aromatic heterocycles.